The molecular weight excluding hydrogens is 449 g/mol. The summed E-state index contributed by atoms with van der Waals surface area (Å²) in [5, 5.41) is 4.58. The van der Waals surface area contributed by atoms with Crippen molar-refractivity contribution < 1.29 is 4.79 Å². The van der Waals surface area contributed by atoms with Crippen molar-refractivity contribution in [3.8, 4) is 0 Å². The maximum atomic E-state index is 13.0. The summed E-state index contributed by atoms with van der Waals surface area (Å²) in [6, 6.07) is 12.1. The number of benzene rings is 2. The van der Waals surface area contributed by atoms with Crippen LogP contribution in [0.4, 0.5) is 10.5 Å². The third kappa shape index (κ3) is 4.60. The van der Waals surface area contributed by atoms with Crippen molar-refractivity contribution in [2.75, 3.05) is 31.5 Å². The number of halogens is 2. The molecule has 2 heterocycles. The Bertz CT molecular complexity index is 1190. The summed E-state index contributed by atoms with van der Waals surface area (Å²) in [5.41, 5.74) is 1.28. The van der Waals surface area contributed by atoms with Crippen molar-refractivity contribution >= 4 is 45.8 Å². The van der Waals surface area contributed by atoms with Gasteiger partial charge in [0.25, 0.3) is 5.56 Å². The fourth-order valence-electron chi connectivity index (χ4n) is 4.05. The summed E-state index contributed by atoms with van der Waals surface area (Å²) in [5.74, 6) is 0.728. The number of anilines is 1. The van der Waals surface area contributed by atoms with E-state index < -0.39 is 0 Å². The maximum Gasteiger partial charge on any atom is 0.321 e. The van der Waals surface area contributed by atoms with Crippen LogP contribution in [0.5, 0.6) is 0 Å². The van der Waals surface area contributed by atoms with Crippen molar-refractivity contribution in [2.24, 2.45) is 0 Å². The summed E-state index contributed by atoms with van der Waals surface area (Å²) in [4.78, 5) is 34.5. The Morgan fingerprint density at radius 3 is 2.38 bits per heavy atom. The lowest BCUT2D eigenvalue weighted by Gasteiger charge is -2.38. The number of nitrogens with zero attached hydrogens (tertiary/aromatic N) is 4. The van der Waals surface area contributed by atoms with E-state index in [1.54, 1.807) is 51.9 Å². The number of piperazine rings is 1. The Labute approximate surface area is 196 Å². The van der Waals surface area contributed by atoms with Gasteiger partial charge in [0.2, 0.25) is 0 Å². The van der Waals surface area contributed by atoms with Crippen molar-refractivity contribution in [1.29, 1.82) is 0 Å². The van der Waals surface area contributed by atoms with Gasteiger partial charge in [-0.1, -0.05) is 23.2 Å². The number of urea groups is 1. The number of fused-ring (bicyclic) bond motifs is 1. The molecule has 1 aromatic heterocycles. The molecule has 32 heavy (non-hydrogen) atoms. The lowest BCUT2D eigenvalue weighted by Crippen LogP contribution is -2.51. The van der Waals surface area contributed by atoms with Gasteiger partial charge in [0.15, 0.2) is 0 Å². The van der Waals surface area contributed by atoms with Crippen LogP contribution in [0.15, 0.2) is 47.3 Å². The number of hydrogen-bond acceptors (Lipinski definition) is 4. The molecule has 1 unspecified atom stereocenters. The molecule has 7 nitrogen and oxygen atoms in total. The quantitative estimate of drug-likeness (QED) is 0.599. The monoisotopic (exact) mass is 473 g/mol. The highest BCUT2D eigenvalue weighted by Crippen LogP contribution is 2.23. The van der Waals surface area contributed by atoms with Gasteiger partial charge in [-0.2, -0.15) is 0 Å². The average molecular weight is 474 g/mol. The van der Waals surface area contributed by atoms with Crippen LogP contribution in [0.1, 0.15) is 25.7 Å². The third-order valence-corrected chi connectivity index (χ3v) is 6.37. The van der Waals surface area contributed by atoms with E-state index in [0.717, 1.165) is 5.82 Å². The highest BCUT2D eigenvalue weighted by Gasteiger charge is 2.27. The van der Waals surface area contributed by atoms with Gasteiger partial charge in [-0.15, -0.1) is 0 Å². The molecule has 0 aliphatic carbocycles. The fourth-order valence-corrected chi connectivity index (χ4v) is 4.34. The summed E-state index contributed by atoms with van der Waals surface area (Å²) in [7, 11) is 0. The number of aromatic nitrogens is 2. The standard InChI is InChI=1S/C23H25Cl2N5O2/c1-3-30-21(27-20-9-6-17(25)14-19(20)22(30)31)15(2)28-10-12-29(13-11-28)23(32)26-18-7-4-16(24)5-8-18/h4-9,14-15H,3,10-13H2,1-2H3,(H,26,32). The molecule has 0 bridgehead atoms. The zero-order valence-electron chi connectivity index (χ0n) is 18.0. The first-order valence-corrected chi connectivity index (χ1v) is 11.4. The minimum atomic E-state index is -0.134. The van der Waals surface area contributed by atoms with Crippen molar-refractivity contribution in [1.82, 2.24) is 19.4 Å². The largest absolute Gasteiger partial charge is 0.322 e. The number of carbonyl (C=O) groups is 1. The Balaban J connectivity index is 1.47. The molecule has 1 saturated heterocycles. The number of hydrogen-bond donors (Lipinski definition) is 1. The zero-order valence-corrected chi connectivity index (χ0v) is 19.5. The maximum absolute atomic E-state index is 13.0. The SMILES string of the molecule is CCn1c(C(C)N2CCN(C(=O)Nc3ccc(Cl)cc3)CC2)nc2ccc(Cl)cc2c1=O. The molecule has 1 atom stereocenters. The van der Waals surface area contributed by atoms with Crippen LogP contribution < -0.4 is 10.9 Å². The molecule has 1 aliphatic heterocycles. The first kappa shape index (κ1) is 22.6. The molecule has 0 spiro atoms. The molecule has 1 fully saturated rings. The second kappa shape index (κ2) is 9.48. The van der Waals surface area contributed by atoms with Crippen molar-refractivity contribution in [2.45, 2.75) is 26.4 Å². The number of amides is 2. The first-order valence-electron chi connectivity index (χ1n) is 10.6. The Morgan fingerprint density at radius 2 is 1.72 bits per heavy atom. The van der Waals surface area contributed by atoms with E-state index >= 15 is 0 Å². The van der Waals surface area contributed by atoms with Gasteiger partial charge in [0.1, 0.15) is 5.82 Å². The smallest absolute Gasteiger partial charge is 0.321 e. The van der Waals surface area contributed by atoms with E-state index in [9.17, 15) is 9.59 Å². The lowest BCUT2D eigenvalue weighted by atomic mass is 10.2. The minimum Gasteiger partial charge on any atom is -0.322 e. The molecule has 0 radical (unpaired) electrons. The van der Waals surface area contributed by atoms with Crippen LogP contribution in [-0.2, 0) is 6.54 Å². The molecule has 168 valence electrons. The summed E-state index contributed by atoms with van der Waals surface area (Å²) < 4.78 is 1.71. The molecule has 1 N–H and O–H groups in total. The van der Waals surface area contributed by atoms with Gasteiger partial charge in [-0.25, -0.2) is 9.78 Å². The number of nitrogens with one attached hydrogen (secondary N) is 1. The average Bonchev–Trinajstić information content (AvgIpc) is 2.80. The van der Waals surface area contributed by atoms with Crippen LogP contribution >= 0.6 is 23.2 Å². The van der Waals surface area contributed by atoms with Crippen molar-refractivity contribution in [3.05, 3.63) is 68.7 Å². The van der Waals surface area contributed by atoms with Gasteiger partial charge >= 0.3 is 6.03 Å². The van der Waals surface area contributed by atoms with E-state index in [4.69, 9.17) is 28.2 Å². The zero-order chi connectivity index (χ0) is 22.8. The summed E-state index contributed by atoms with van der Waals surface area (Å²) in [6.45, 7) is 7.07. The highest BCUT2D eigenvalue weighted by molar-refractivity contribution is 6.31. The van der Waals surface area contributed by atoms with E-state index in [-0.39, 0.29) is 17.6 Å². The molecule has 2 amide bonds. The predicted molar refractivity (Wildman–Crippen MR) is 129 cm³/mol. The van der Waals surface area contributed by atoms with E-state index in [0.29, 0.717) is 59.4 Å². The summed E-state index contributed by atoms with van der Waals surface area (Å²) in [6.07, 6.45) is 0. The molecule has 4 rings (SSSR count). The van der Waals surface area contributed by atoms with Gasteiger partial charge in [-0.3, -0.25) is 14.3 Å². The second-order valence-electron chi connectivity index (χ2n) is 7.82. The first-order chi connectivity index (χ1) is 15.4. The molecular formula is C23H25Cl2N5O2. The second-order valence-corrected chi connectivity index (χ2v) is 8.69. The third-order valence-electron chi connectivity index (χ3n) is 5.88. The lowest BCUT2D eigenvalue weighted by molar-refractivity contribution is 0.114. The number of rotatable bonds is 4. The van der Waals surface area contributed by atoms with Gasteiger partial charge < -0.3 is 10.2 Å². The Morgan fingerprint density at radius 1 is 1.06 bits per heavy atom. The highest BCUT2D eigenvalue weighted by atomic mass is 35.5. The topological polar surface area (TPSA) is 70.5 Å². The molecule has 0 saturated carbocycles. The van der Waals surface area contributed by atoms with Crippen molar-refractivity contribution in [3.63, 3.8) is 0 Å². The van der Waals surface area contributed by atoms with Gasteiger partial charge in [0.05, 0.1) is 16.9 Å². The molecule has 3 aromatic rings. The molecule has 1 aliphatic rings. The van der Waals surface area contributed by atoms with Crippen LogP contribution in [0.25, 0.3) is 10.9 Å². The molecule has 9 heteroatoms. The Kier molecular flexibility index (Phi) is 6.69. The normalized spacial score (nSPS) is 15.7. The fraction of sp³-hybridized carbons (Fsp3) is 0.348. The van der Waals surface area contributed by atoms with Crippen LogP contribution in [0.2, 0.25) is 10.0 Å². The molecule has 2 aromatic carbocycles. The van der Waals surface area contributed by atoms with Gasteiger partial charge in [-0.05, 0) is 56.3 Å². The van der Waals surface area contributed by atoms with E-state index in [1.165, 1.54) is 0 Å². The Hall–Kier alpha value is -2.61. The van der Waals surface area contributed by atoms with Gasteiger partial charge in [0, 0.05) is 48.5 Å². The van der Waals surface area contributed by atoms with Crippen LogP contribution in [0.3, 0.4) is 0 Å². The van der Waals surface area contributed by atoms with E-state index in [1.807, 2.05) is 6.92 Å². The minimum absolute atomic E-state index is 0.0656. The van der Waals surface area contributed by atoms with Crippen LogP contribution in [-0.4, -0.2) is 51.6 Å². The summed E-state index contributed by atoms with van der Waals surface area (Å²) >= 11 is 12.0. The van der Waals surface area contributed by atoms with Crippen LogP contribution in [0, 0.1) is 0 Å². The predicted octanol–water partition coefficient (Wildman–Crippen LogP) is 4.63. The van der Waals surface area contributed by atoms with E-state index in [2.05, 4.69) is 17.1 Å². The number of carbonyl (C=O) groups excluding carboxylic acids is 1.